The van der Waals surface area contributed by atoms with Gasteiger partial charge in [0.2, 0.25) is 0 Å². The maximum Gasteiger partial charge on any atom is 0.0558 e. The fourth-order valence-corrected chi connectivity index (χ4v) is 2.18. The average Bonchev–Trinajstić information content (AvgIpc) is 2.46. The molecule has 0 aliphatic carbocycles. The van der Waals surface area contributed by atoms with E-state index < -0.39 is 0 Å². The Balaban J connectivity index is 1.84. The minimum atomic E-state index is 0.302. The number of hydrogen-bond donors (Lipinski definition) is 1. The fourth-order valence-electron chi connectivity index (χ4n) is 2.18. The third kappa shape index (κ3) is 1.41. The van der Waals surface area contributed by atoms with Crippen molar-refractivity contribution in [2.24, 2.45) is 11.8 Å². The van der Waals surface area contributed by atoms with Crippen LogP contribution in [0, 0.1) is 11.8 Å². The van der Waals surface area contributed by atoms with E-state index in [2.05, 4.69) is 10.2 Å². The van der Waals surface area contributed by atoms with Crippen LogP contribution in [0.15, 0.2) is 0 Å². The summed E-state index contributed by atoms with van der Waals surface area (Å²) in [6, 6.07) is 0. The number of fused-ring (bicyclic) bond motifs is 1. The SMILES string of the molecule is OCCN1C[C@H]2C[N]C[C@H]2C1. The zero-order chi connectivity index (χ0) is 7.68. The Morgan fingerprint density at radius 1 is 1.27 bits per heavy atom. The lowest BCUT2D eigenvalue weighted by Gasteiger charge is -2.13. The standard InChI is InChI=1S/C8H15N2O/c11-2-1-10-5-7-3-9-4-8(7)6-10/h7-8,11H,1-6H2/t7-,8+. The molecular formula is C8H15N2O. The van der Waals surface area contributed by atoms with Crippen molar-refractivity contribution in [1.29, 1.82) is 0 Å². The molecule has 3 nitrogen and oxygen atoms in total. The highest BCUT2D eigenvalue weighted by Crippen LogP contribution is 2.26. The summed E-state index contributed by atoms with van der Waals surface area (Å²) in [4.78, 5) is 2.35. The van der Waals surface area contributed by atoms with E-state index in [1.165, 1.54) is 0 Å². The minimum Gasteiger partial charge on any atom is -0.395 e. The molecule has 2 rings (SSSR count). The molecule has 0 unspecified atom stereocenters. The van der Waals surface area contributed by atoms with Gasteiger partial charge in [0.1, 0.15) is 0 Å². The molecule has 2 heterocycles. The second-order valence-corrected chi connectivity index (χ2v) is 3.59. The van der Waals surface area contributed by atoms with E-state index >= 15 is 0 Å². The Labute approximate surface area is 67.4 Å². The highest BCUT2D eigenvalue weighted by Gasteiger charge is 2.36. The third-order valence-corrected chi connectivity index (χ3v) is 2.80. The maximum atomic E-state index is 8.72. The van der Waals surface area contributed by atoms with Crippen molar-refractivity contribution >= 4 is 0 Å². The number of likely N-dealkylation sites (tertiary alicyclic amines) is 1. The molecule has 0 bridgehead atoms. The van der Waals surface area contributed by atoms with Crippen LogP contribution >= 0.6 is 0 Å². The molecule has 0 aromatic carbocycles. The lowest BCUT2D eigenvalue weighted by Crippen LogP contribution is -2.26. The first-order valence-corrected chi connectivity index (χ1v) is 4.36. The zero-order valence-electron chi connectivity index (χ0n) is 6.74. The van der Waals surface area contributed by atoms with E-state index in [-0.39, 0.29) is 0 Å². The molecule has 2 aliphatic rings. The molecule has 63 valence electrons. The molecule has 2 saturated heterocycles. The van der Waals surface area contributed by atoms with Gasteiger partial charge in [-0.25, -0.2) is 5.32 Å². The first-order chi connectivity index (χ1) is 5.40. The molecule has 0 spiro atoms. The monoisotopic (exact) mass is 155 g/mol. The van der Waals surface area contributed by atoms with Gasteiger partial charge in [-0.1, -0.05) is 0 Å². The van der Waals surface area contributed by atoms with Crippen LogP contribution in [0.5, 0.6) is 0 Å². The average molecular weight is 155 g/mol. The summed E-state index contributed by atoms with van der Waals surface area (Å²) in [5.41, 5.74) is 0. The molecule has 0 aromatic rings. The van der Waals surface area contributed by atoms with Crippen molar-refractivity contribution in [3.05, 3.63) is 0 Å². The van der Waals surface area contributed by atoms with Crippen LogP contribution < -0.4 is 5.32 Å². The van der Waals surface area contributed by atoms with E-state index in [1.54, 1.807) is 0 Å². The van der Waals surface area contributed by atoms with Gasteiger partial charge in [-0.05, 0) is 11.8 Å². The van der Waals surface area contributed by atoms with Crippen molar-refractivity contribution in [1.82, 2.24) is 10.2 Å². The van der Waals surface area contributed by atoms with Gasteiger partial charge in [0.25, 0.3) is 0 Å². The van der Waals surface area contributed by atoms with Gasteiger partial charge in [0, 0.05) is 32.7 Å². The van der Waals surface area contributed by atoms with Gasteiger partial charge < -0.3 is 10.0 Å². The van der Waals surface area contributed by atoms with E-state index in [0.717, 1.165) is 44.6 Å². The molecule has 11 heavy (non-hydrogen) atoms. The molecule has 2 aliphatic heterocycles. The van der Waals surface area contributed by atoms with Crippen LogP contribution in [0.1, 0.15) is 0 Å². The smallest absolute Gasteiger partial charge is 0.0558 e. The zero-order valence-corrected chi connectivity index (χ0v) is 6.74. The summed E-state index contributed by atoms with van der Waals surface area (Å²) in [7, 11) is 0. The molecule has 0 aromatic heterocycles. The fraction of sp³-hybridized carbons (Fsp3) is 1.00. The van der Waals surface area contributed by atoms with E-state index in [0.29, 0.717) is 6.61 Å². The number of rotatable bonds is 2. The van der Waals surface area contributed by atoms with E-state index in [1.807, 2.05) is 0 Å². The summed E-state index contributed by atoms with van der Waals surface area (Å²) < 4.78 is 0. The van der Waals surface area contributed by atoms with Gasteiger partial charge in [0.05, 0.1) is 6.61 Å². The highest BCUT2D eigenvalue weighted by atomic mass is 16.3. The quantitative estimate of drug-likeness (QED) is 0.563. The van der Waals surface area contributed by atoms with Crippen LogP contribution in [0.3, 0.4) is 0 Å². The van der Waals surface area contributed by atoms with Gasteiger partial charge >= 0.3 is 0 Å². The topological polar surface area (TPSA) is 37.6 Å². The summed E-state index contributed by atoms with van der Waals surface area (Å²) in [6.45, 7) is 5.60. The van der Waals surface area contributed by atoms with Crippen molar-refractivity contribution in [2.45, 2.75) is 0 Å². The molecule has 2 atom stereocenters. The number of aliphatic hydroxyl groups excluding tert-OH is 1. The van der Waals surface area contributed by atoms with Crippen molar-refractivity contribution < 1.29 is 5.11 Å². The second kappa shape index (κ2) is 3.09. The molecular weight excluding hydrogens is 140 g/mol. The number of nitrogens with zero attached hydrogens (tertiary/aromatic N) is 2. The van der Waals surface area contributed by atoms with Crippen molar-refractivity contribution in [3.63, 3.8) is 0 Å². The van der Waals surface area contributed by atoms with E-state index in [9.17, 15) is 0 Å². The van der Waals surface area contributed by atoms with Crippen LogP contribution in [0.2, 0.25) is 0 Å². The van der Waals surface area contributed by atoms with Gasteiger partial charge in [-0.3, -0.25) is 0 Å². The molecule has 3 heteroatoms. The van der Waals surface area contributed by atoms with Crippen LogP contribution in [0.4, 0.5) is 0 Å². The Hall–Kier alpha value is -0.120. The largest absolute Gasteiger partial charge is 0.395 e. The minimum absolute atomic E-state index is 0.302. The highest BCUT2D eigenvalue weighted by molar-refractivity contribution is 4.90. The lowest BCUT2D eigenvalue weighted by molar-refractivity contribution is 0.213. The normalized spacial score (nSPS) is 37.9. The maximum absolute atomic E-state index is 8.72. The van der Waals surface area contributed by atoms with Gasteiger partial charge in [0.15, 0.2) is 0 Å². The molecule has 0 amide bonds. The molecule has 1 radical (unpaired) electrons. The van der Waals surface area contributed by atoms with Crippen molar-refractivity contribution in [3.8, 4) is 0 Å². The predicted molar refractivity (Wildman–Crippen MR) is 42.4 cm³/mol. The van der Waals surface area contributed by atoms with Crippen LogP contribution in [-0.2, 0) is 0 Å². The predicted octanol–water partition coefficient (Wildman–Crippen LogP) is -0.855. The first-order valence-electron chi connectivity index (χ1n) is 4.36. The van der Waals surface area contributed by atoms with E-state index in [4.69, 9.17) is 5.11 Å². The van der Waals surface area contributed by atoms with Crippen molar-refractivity contribution in [2.75, 3.05) is 39.3 Å². The Kier molecular flexibility index (Phi) is 2.11. The Morgan fingerprint density at radius 2 is 1.91 bits per heavy atom. The van der Waals surface area contributed by atoms with Gasteiger partial charge in [-0.2, -0.15) is 0 Å². The summed E-state index contributed by atoms with van der Waals surface area (Å²) >= 11 is 0. The molecule has 2 fully saturated rings. The summed E-state index contributed by atoms with van der Waals surface area (Å²) in [6.07, 6.45) is 0. The van der Waals surface area contributed by atoms with Gasteiger partial charge in [-0.15, -0.1) is 0 Å². The Morgan fingerprint density at radius 3 is 2.45 bits per heavy atom. The summed E-state index contributed by atoms with van der Waals surface area (Å²) in [5.74, 6) is 1.61. The third-order valence-electron chi connectivity index (χ3n) is 2.80. The number of aliphatic hydroxyl groups is 1. The molecule has 0 saturated carbocycles. The first kappa shape index (κ1) is 7.53. The second-order valence-electron chi connectivity index (χ2n) is 3.59. The van der Waals surface area contributed by atoms with Crippen LogP contribution in [0.25, 0.3) is 0 Å². The van der Waals surface area contributed by atoms with Crippen LogP contribution in [-0.4, -0.2) is 49.3 Å². The lowest BCUT2D eigenvalue weighted by atomic mass is 10.0. The summed E-state index contributed by atoms with van der Waals surface area (Å²) in [5, 5.41) is 13.1. The Bertz CT molecular complexity index is 128. The molecule has 1 N–H and O–H groups in total. The number of β-amino-alcohol motifs (C(OH)–C–C–N with tert-alkyl or cyclic N) is 1. The number of hydrogen-bond acceptors (Lipinski definition) is 2.